The van der Waals surface area contributed by atoms with Crippen molar-refractivity contribution >= 4 is 15.9 Å². The molecular formula is C12H25BrO2. The molecule has 0 spiro atoms. The van der Waals surface area contributed by atoms with Gasteiger partial charge in [-0.15, -0.1) is 0 Å². The van der Waals surface area contributed by atoms with Crippen molar-refractivity contribution in [1.29, 1.82) is 0 Å². The lowest BCUT2D eigenvalue weighted by Crippen LogP contribution is -2.10. The number of rotatable bonds is 10. The van der Waals surface area contributed by atoms with Crippen LogP contribution in [0.2, 0.25) is 0 Å². The van der Waals surface area contributed by atoms with Gasteiger partial charge in [0.05, 0.1) is 13.2 Å². The van der Waals surface area contributed by atoms with Crippen LogP contribution in [0, 0.1) is 11.8 Å². The summed E-state index contributed by atoms with van der Waals surface area (Å²) in [7, 11) is 0. The Balaban J connectivity index is 3.04. The minimum Gasteiger partial charge on any atom is -0.379 e. The lowest BCUT2D eigenvalue weighted by atomic mass is 10.1. The van der Waals surface area contributed by atoms with E-state index in [-0.39, 0.29) is 0 Å². The summed E-state index contributed by atoms with van der Waals surface area (Å²) < 4.78 is 10.9. The highest BCUT2D eigenvalue weighted by Gasteiger charge is 2.00. The molecular weight excluding hydrogens is 256 g/mol. The molecule has 0 rings (SSSR count). The van der Waals surface area contributed by atoms with E-state index in [9.17, 15) is 0 Å². The van der Waals surface area contributed by atoms with Gasteiger partial charge in [0.15, 0.2) is 0 Å². The van der Waals surface area contributed by atoms with Crippen LogP contribution < -0.4 is 0 Å². The second kappa shape index (κ2) is 10.9. The number of hydrogen-bond acceptors (Lipinski definition) is 2. The zero-order chi connectivity index (χ0) is 11.5. The van der Waals surface area contributed by atoms with E-state index in [0.717, 1.165) is 44.1 Å². The van der Waals surface area contributed by atoms with Gasteiger partial charge in [0.25, 0.3) is 0 Å². The Labute approximate surface area is 103 Å². The smallest absolute Gasteiger partial charge is 0.0700 e. The molecule has 0 aliphatic rings. The van der Waals surface area contributed by atoms with Crippen LogP contribution in [0.3, 0.4) is 0 Å². The van der Waals surface area contributed by atoms with Crippen LogP contribution in [-0.4, -0.2) is 31.8 Å². The van der Waals surface area contributed by atoms with E-state index < -0.39 is 0 Å². The summed E-state index contributed by atoms with van der Waals surface area (Å²) in [6.07, 6.45) is 2.38. The Morgan fingerprint density at radius 2 is 1.60 bits per heavy atom. The largest absolute Gasteiger partial charge is 0.379 e. The van der Waals surface area contributed by atoms with Gasteiger partial charge < -0.3 is 9.47 Å². The Morgan fingerprint density at radius 3 is 2.20 bits per heavy atom. The summed E-state index contributed by atoms with van der Waals surface area (Å²) in [6.45, 7) is 9.73. The maximum absolute atomic E-state index is 5.49. The topological polar surface area (TPSA) is 18.5 Å². The van der Waals surface area contributed by atoms with E-state index in [4.69, 9.17) is 9.47 Å². The van der Waals surface area contributed by atoms with Crippen LogP contribution in [0.4, 0.5) is 0 Å². The SMILES string of the molecule is CC(C)COCCOCCC(C)CCBr. The van der Waals surface area contributed by atoms with Crippen LogP contribution >= 0.6 is 15.9 Å². The highest BCUT2D eigenvalue weighted by atomic mass is 79.9. The fourth-order valence-electron chi connectivity index (χ4n) is 1.15. The Kier molecular flexibility index (Phi) is 11.2. The normalized spacial score (nSPS) is 13.4. The minimum absolute atomic E-state index is 0.615. The number of alkyl halides is 1. The molecule has 0 saturated heterocycles. The molecule has 0 aromatic heterocycles. The Morgan fingerprint density at radius 1 is 0.933 bits per heavy atom. The van der Waals surface area contributed by atoms with Gasteiger partial charge in [0, 0.05) is 18.5 Å². The van der Waals surface area contributed by atoms with Crippen molar-refractivity contribution in [3.8, 4) is 0 Å². The molecule has 0 aromatic rings. The molecule has 1 unspecified atom stereocenters. The summed E-state index contributed by atoms with van der Waals surface area (Å²) in [5, 5.41) is 1.09. The average molecular weight is 281 g/mol. The van der Waals surface area contributed by atoms with E-state index in [1.54, 1.807) is 0 Å². The fourth-order valence-corrected chi connectivity index (χ4v) is 1.94. The third kappa shape index (κ3) is 12.3. The van der Waals surface area contributed by atoms with Crippen molar-refractivity contribution in [3.05, 3.63) is 0 Å². The maximum Gasteiger partial charge on any atom is 0.0700 e. The van der Waals surface area contributed by atoms with E-state index >= 15 is 0 Å². The molecule has 92 valence electrons. The zero-order valence-corrected chi connectivity index (χ0v) is 11.9. The molecule has 1 atom stereocenters. The number of ether oxygens (including phenoxy) is 2. The second-order valence-corrected chi connectivity index (χ2v) is 5.25. The van der Waals surface area contributed by atoms with Gasteiger partial charge in [-0.25, -0.2) is 0 Å². The van der Waals surface area contributed by atoms with Crippen molar-refractivity contribution in [2.75, 3.05) is 31.8 Å². The predicted molar refractivity (Wildman–Crippen MR) is 68.7 cm³/mol. The molecule has 0 radical (unpaired) electrons. The van der Waals surface area contributed by atoms with Crippen molar-refractivity contribution in [2.45, 2.75) is 33.6 Å². The van der Waals surface area contributed by atoms with Gasteiger partial charge in [0.1, 0.15) is 0 Å². The van der Waals surface area contributed by atoms with Crippen LogP contribution in [0.15, 0.2) is 0 Å². The molecule has 0 saturated carbocycles. The zero-order valence-electron chi connectivity index (χ0n) is 10.3. The molecule has 0 aliphatic carbocycles. The van der Waals surface area contributed by atoms with Crippen molar-refractivity contribution < 1.29 is 9.47 Å². The third-order valence-electron chi connectivity index (χ3n) is 2.18. The average Bonchev–Trinajstić information content (AvgIpc) is 2.16. The van der Waals surface area contributed by atoms with Crippen molar-refractivity contribution in [2.24, 2.45) is 11.8 Å². The summed E-state index contributed by atoms with van der Waals surface area (Å²) in [5.41, 5.74) is 0. The van der Waals surface area contributed by atoms with Gasteiger partial charge in [0.2, 0.25) is 0 Å². The quantitative estimate of drug-likeness (QED) is 0.451. The highest BCUT2D eigenvalue weighted by molar-refractivity contribution is 9.09. The second-order valence-electron chi connectivity index (χ2n) is 4.45. The molecule has 0 aromatic carbocycles. The Hall–Kier alpha value is 0.400. The molecule has 3 heteroatoms. The van der Waals surface area contributed by atoms with Gasteiger partial charge in [-0.1, -0.05) is 36.7 Å². The van der Waals surface area contributed by atoms with Gasteiger partial charge in [-0.3, -0.25) is 0 Å². The first-order valence-electron chi connectivity index (χ1n) is 5.88. The molecule has 0 fully saturated rings. The minimum atomic E-state index is 0.615. The molecule has 0 amide bonds. The maximum atomic E-state index is 5.49. The van der Waals surface area contributed by atoms with Crippen LogP contribution in [0.5, 0.6) is 0 Å². The molecule has 0 heterocycles. The summed E-state index contributed by atoms with van der Waals surface area (Å²) in [4.78, 5) is 0. The lowest BCUT2D eigenvalue weighted by Gasteiger charge is -2.10. The predicted octanol–water partition coefficient (Wildman–Crippen LogP) is 3.49. The van der Waals surface area contributed by atoms with E-state index in [1.165, 1.54) is 6.42 Å². The fraction of sp³-hybridized carbons (Fsp3) is 1.00. The number of hydrogen-bond donors (Lipinski definition) is 0. The van der Waals surface area contributed by atoms with Gasteiger partial charge in [-0.05, 0) is 24.7 Å². The summed E-state index contributed by atoms with van der Waals surface area (Å²) >= 11 is 3.45. The van der Waals surface area contributed by atoms with E-state index in [0.29, 0.717) is 5.92 Å². The first-order chi connectivity index (χ1) is 7.16. The lowest BCUT2D eigenvalue weighted by molar-refractivity contribution is 0.0341. The van der Waals surface area contributed by atoms with Gasteiger partial charge >= 0.3 is 0 Å². The first-order valence-corrected chi connectivity index (χ1v) is 7.00. The van der Waals surface area contributed by atoms with Crippen LogP contribution in [-0.2, 0) is 9.47 Å². The molecule has 15 heavy (non-hydrogen) atoms. The third-order valence-corrected chi connectivity index (χ3v) is 2.64. The van der Waals surface area contributed by atoms with Crippen LogP contribution in [0.25, 0.3) is 0 Å². The van der Waals surface area contributed by atoms with Crippen LogP contribution in [0.1, 0.15) is 33.6 Å². The molecule has 2 nitrogen and oxygen atoms in total. The van der Waals surface area contributed by atoms with Crippen molar-refractivity contribution in [3.63, 3.8) is 0 Å². The molecule has 0 aliphatic heterocycles. The highest BCUT2D eigenvalue weighted by Crippen LogP contribution is 2.08. The monoisotopic (exact) mass is 280 g/mol. The molecule has 0 bridgehead atoms. The summed E-state index contributed by atoms with van der Waals surface area (Å²) in [6, 6.07) is 0. The first kappa shape index (κ1) is 15.4. The number of halogens is 1. The van der Waals surface area contributed by atoms with E-state index in [2.05, 4.69) is 36.7 Å². The standard InChI is InChI=1S/C12H25BrO2/c1-11(2)10-15-9-8-14-7-5-12(3)4-6-13/h11-12H,4-10H2,1-3H3. The molecule has 0 N–H and O–H groups in total. The Bertz CT molecular complexity index is 129. The van der Waals surface area contributed by atoms with E-state index in [1.807, 2.05) is 0 Å². The van der Waals surface area contributed by atoms with Crippen molar-refractivity contribution in [1.82, 2.24) is 0 Å². The summed E-state index contributed by atoms with van der Waals surface area (Å²) in [5.74, 6) is 1.37. The van der Waals surface area contributed by atoms with Gasteiger partial charge in [-0.2, -0.15) is 0 Å².